The highest BCUT2D eigenvalue weighted by Crippen LogP contribution is 2.33. The highest BCUT2D eigenvalue weighted by Gasteiger charge is 2.11. The molecule has 0 unspecified atom stereocenters. The predicted octanol–water partition coefficient (Wildman–Crippen LogP) is 1.41. The van der Waals surface area contributed by atoms with Crippen LogP contribution < -0.4 is 11.3 Å². The molecular weight excluding hydrogens is 292 g/mol. The van der Waals surface area contributed by atoms with Crippen molar-refractivity contribution in [3.8, 4) is 0 Å². The van der Waals surface area contributed by atoms with Crippen molar-refractivity contribution in [2.24, 2.45) is 12.9 Å². The molecule has 0 saturated carbocycles. The molecular formula is C8H9BrN6S. The van der Waals surface area contributed by atoms with Crippen LogP contribution in [-0.4, -0.2) is 19.5 Å². The van der Waals surface area contributed by atoms with Crippen LogP contribution in [0, 0.1) is 0 Å². The van der Waals surface area contributed by atoms with Crippen LogP contribution >= 0.6 is 27.7 Å². The van der Waals surface area contributed by atoms with E-state index in [1.165, 1.54) is 18.1 Å². The molecule has 16 heavy (non-hydrogen) atoms. The van der Waals surface area contributed by atoms with Gasteiger partial charge in [-0.1, -0.05) is 0 Å². The van der Waals surface area contributed by atoms with Crippen molar-refractivity contribution in [1.29, 1.82) is 0 Å². The maximum absolute atomic E-state index is 5.32. The Bertz CT molecular complexity index is 499. The molecule has 0 aromatic carbocycles. The molecule has 0 aliphatic rings. The second kappa shape index (κ2) is 4.81. The summed E-state index contributed by atoms with van der Waals surface area (Å²) in [5.41, 5.74) is 2.49. The van der Waals surface area contributed by atoms with Gasteiger partial charge in [0.25, 0.3) is 0 Å². The Labute approximate surface area is 105 Å². The number of hydrogen-bond acceptors (Lipinski definition) is 6. The fraction of sp³-hybridized carbons (Fsp3) is 0.125. The molecule has 8 heteroatoms. The molecule has 0 fully saturated rings. The maximum Gasteiger partial charge on any atom is 0.174 e. The number of nitrogens with one attached hydrogen (secondary N) is 1. The Kier molecular flexibility index (Phi) is 3.42. The van der Waals surface area contributed by atoms with Crippen molar-refractivity contribution >= 4 is 33.5 Å². The molecule has 0 atom stereocenters. The first-order chi connectivity index (χ1) is 7.72. The summed E-state index contributed by atoms with van der Waals surface area (Å²) in [5, 5.41) is 1.61. The summed E-state index contributed by atoms with van der Waals surface area (Å²) >= 11 is 4.82. The van der Waals surface area contributed by atoms with Gasteiger partial charge in [-0.25, -0.2) is 20.8 Å². The second-order valence-electron chi connectivity index (χ2n) is 2.91. The van der Waals surface area contributed by atoms with E-state index in [-0.39, 0.29) is 0 Å². The molecule has 3 N–H and O–H groups in total. The van der Waals surface area contributed by atoms with E-state index in [4.69, 9.17) is 5.84 Å². The third-order valence-corrected chi connectivity index (χ3v) is 3.95. The van der Waals surface area contributed by atoms with Gasteiger partial charge < -0.3 is 9.99 Å². The van der Waals surface area contributed by atoms with Gasteiger partial charge in [0, 0.05) is 19.4 Å². The van der Waals surface area contributed by atoms with Crippen LogP contribution in [0.3, 0.4) is 0 Å². The van der Waals surface area contributed by atoms with E-state index in [0.717, 1.165) is 14.7 Å². The first-order valence-electron chi connectivity index (χ1n) is 4.34. The van der Waals surface area contributed by atoms with Crippen LogP contribution in [0.1, 0.15) is 0 Å². The van der Waals surface area contributed by atoms with E-state index in [1.54, 1.807) is 6.20 Å². The van der Waals surface area contributed by atoms with E-state index in [1.807, 2.05) is 17.8 Å². The van der Waals surface area contributed by atoms with E-state index in [9.17, 15) is 0 Å². The van der Waals surface area contributed by atoms with Crippen LogP contribution in [0.4, 0.5) is 5.82 Å². The average molecular weight is 301 g/mol. The zero-order chi connectivity index (χ0) is 11.5. The van der Waals surface area contributed by atoms with Crippen LogP contribution in [0.5, 0.6) is 0 Å². The monoisotopic (exact) mass is 300 g/mol. The molecule has 0 aliphatic carbocycles. The average Bonchev–Trinajstić information content (AvgIpc) is 2.68. The molecule has 2 aromatic rings. The topological polar surface area (TPSA) is 81.7 Å². The first kappa shape index (κ1) is 11.4. The third kappa shape index (κ3) is 2.18. The van der Waals surface area contributed by atoms with E-state index in [0.29, 0.717) is 5.82 Å². The summed E-state index contributed by atoms with van der Waals surface area (Å²) < 4.78 is 2.64. The molecule has 2 rings (SSSR count). The van der Waals surface area contributed by atoms with Crippen molar-refractivity contribution < 1.29 is 0 Å². The number of halogens is 1. The predicted molar refractivity (Wildman–Crippen MR) is 64.9 cm³/mol. The SMILES string of the molecule is Cn1ccnc1Sc1ncnc(NN)c1Br. The Hall–Kier alpha value is -1.12. The normalized spacial score (nSPS) is 10.4. The van der Waals surface area contributed by atoms with Gasteiger partial charge in [-0.15, -0.1) is 0 Å². The van der Waals surface area contributed by atoms with Gasteiger partial charge in [-0.2, -0.15) is 0 Å². The number of aromatic nitrogens is 4. The Morgan fingerprint density at radius 1 is 1.44 bits per heavy atom. The fourth-order valence-electron chi connectivity index (χ4n) is 1.06. The standard InChI is InChI=1S/C8H9BrN6S/c1-15-3-2-11-8(15)16-7-5(9)6(14-10)12-4-13-7/h2-4H,10H2,1H3,(H,12,13,14). The van der Waals surface area contributed by atoms with Crippen molar-refractivity contribution in [3.63, 3.8) is 0 Å². The molecule has 2 aromatic heterocycles. The Morgan fingerprint density at radius 2 is 2.25 bits per heavy atom. The number of hydrogen-bond donors (Lipinski definition) is 2. The minimum atomic E-state index is 0.548. The van der Waals surface area contributed by atoms with Gasteiger partial charge >= 0.3 is 0 Å². The van der Waals surface area contributed by atoms with Crippen molar-refractivity contribution in [1.82, 2.24) is 19.5 Å². The van der Waals surface area contributed by atoms with E-state index in [2.05, 4.69) is 36.3 Å². The lowest BCUT2D eigenvalue weighted by molar-refractivity contribution is 0.788. The van der Waals surface area contributed by atoms with E-state index < -0.39 is 0 Å². The second-order valence-corrected chi connectivity index (χ2v) is 4.66. The lowest BCUT2D eigenvalue weighted by Crippen LogP contribution is -2.09. The Balaban J connectivity index is 2.32. The molecule has 6 nitrogen and oxygen atoms in total. The van der Waals surface area contributed by atoms with Crippen LogP contribution in [0.25, 0.3) is 0 Å². The number of aryl methyl sites for hydroxylation is 1. The Morgan fingerprint density at radius 3 is 2.88 bits per heavy atom. The quantitative estimate of drug-likeness (QED) is 0.507. The minimum Gasteiger partial charge on any atom is -0.329 e. The highest BCUT2D eigenvalue weighted by molar-refractivity contribution is 9.10. The molecule has 0 bridgehead atoms. The number of nitrogens with two attached hydrogens (primary N) is 1. The number of anilines is 1. The number of imidazole rings is 1. The fourth-order valence-corrected chi connectivity index (χ4v) is 2.40. The molecule has 0 aliphatic heterocycles. The highest BCUT2D eigenvalue weighted by atomic mass is 79.9. The van der Waals surface area contributed by atoms with Gasteiger partial charge in [0.15, 0.2) is 11.0 Å². The summed E-state index contributed by atoms with van der Waals surface area (Å²) in [4.78, 5) is 12.3. The zero-order valence-electron chi connectivity index (χ0n) is 8.38. The third-order valence-electron chi connectivity index (χ3n) is 1.86. The summed E-state index contributed by atoms with van der Waals surface area (Å²) in [6.07, 6.45) is 5.06. The van der Waals surface area contributed by atoms with Gasteiger partial charge in [-0.05, 0) is 27.7 Å². The lowest BCUT2D eigenvalue weighted by atomic mass is 10.6. The largest absolute Gasteiger partial charge is 0.329 e. The summed E-state index contributed by atoms with van der Waals surface area (Å²) in [6, 6.07) is 0. The van der Waals surface area contributed by atoms with Crippen molar-refractivity contribution in [3.05, 3.63) is 23.2 Å². The van der Waals surface area contributed by atoms with Crippen LogP contribution in [0.15, 0.2) is 33.4 Å². The number of nitrogen functional groups attached to an aromatic ring is 1. The summed E-state index contributed by atoms with van der Waals surface area (Å²) in [6.45, 7) is 0. The molecule has 0 saturated heterocycles. The molecule has 2 heterocycles. The van der Waals surface area contributed by atoms with Crippen LogP contribution in [-0.2, 0) is 7.05 Å². The zero-order valence-corrected chi connectivity index (χ0v) is 10.8. The molecule has 84 valence electrons. The lowest BCUT2D eigenvalue weighted by Gasteiger charge is -2.06. The van der Waals surface area contributed by atoms with Gasteiger partial charge in [0.1, 0.15) is 11.4 Å². The smallest absolute Gasteiger partial charge is 0.174 e. The maximum atomic E-state index is 5.32. The molecule has 0 radical (unpaired) electrons. The summed E-state index contributed by atoms with van der Waals surface area (Å²) in [7, 11) is 1.92. The number of hydrazine groups is 1. The number of rotatable bonds is 3. The van der Waals surface area contributed by atoms with Gasteiger partial charge in [0.2, 0.25) is 0 Å². The van der Waals surface area contributed by atoms with Gasteiger partial charge in [-0.3, -0.25) is 0 Å². The van der Waals surface area contributed by atoms with Crippen molar-refractivity contribution in [2.45, 2.75) is 10.2 Å². The first-order valence-corrected chi connectivity index (χ1v) is 5.95. The van der Waals surface area contributed by atoms with Crippen LogP contribution in [0.2, 0.25) is 0 Å². The van der Waals surface area contributed by atoms with E-state index >= 15 is 0 Å². The number of nitrogens with zero attached hydrogens (tertiary/aromatic N) is 4. The van der Waals surface area contributed by atoms with Crippen molar-refractivity contribution in [2.75, 3.05) is 5.43 Å². The molecule has 0 amide bonds. The minimum absolute atomic E-state index is 0.548. The molecule has 0 spiro atoms. The summed E-state index contributed by atoms with van der Waals surface area (Å²) in [5.74, 6) is 5.87. The van der Waals surface area contributed by atoms with Gasteiger partial charge in [0.05, 0.1) is 4.47 Å².